The van der Waals surface area contributed by atoms with Gasteiger partial charge in [0.25, 0.3) is 5.56 Å². The molecule has 3 aromatic carbocycles. The number of H-pyrrole nitrogens is 1. The van der Waals surface area contributed by atoms with Crippen molar-refractivity contribution in [2.24, 2.45) is 0 Å². The molecule has 6 rings (SSSR count). The third-order valence-electron chi connectivity index (χ3n) is 6.09. The molecule has 3 aromatic heterocycles. The molecule has 7 nitrogen and oxygen atoms in total. The quantitative estimate of drug-likeness (QED) is 0.328. The number of rotatable bonds is 4. The number of hydrogen-bond donors (Lipinski definition) is 2. The summed E-state index contributed by atoms with van der Waals surface area (Å²) in [5.41, 5.74) is 12.7. The molecule has 0 amide bonds. The summed E-state index contributed by atoms with van der Waals surface area (Å²) in [7, 11) is 0. The largest absolute Gasteiger partial charge is 0.384 e. The first-order valence-corrected chi connectivity index (χ1v) is 11.6. The van der Waals surface area contributed by atoms with Gasteiger partial charge in [-0.1, -0.05) is 60.1 Å². The van der Waals surface area contributed by atoms with Crippen molar-refractivity contribution in [1.82, 2.24) is 24.7 Å². The number of anilines is 1. The molecular weight excluding hydrogens is 472 g/mol. The molecule has 0 fully saturated rings. The Labute approximate surface area is 210 Å². The zero-order valence-electron chi connectivity index (χ0n) is 18.9. The summed E-state index contributed by atoms with van der Waals surface area (Å²) < 4.78 is 1.71. The number of nitrogens with one attached hydrogen (secondary N) is 1. The van der Waals surface area contributed by atoms with Crippen LogP contribution in [-0.2, 0) is 0 Å². The molecule has 174 valence electrons. The predicted molar refractivity (Wildman–Crippen MR) is 143 cm³/mol. The molecule has 8 heteroatoms. The van der Waals surface area contributed by atoms with E-state index in [1.807, 2.05) is 42.5 Å². The first kappa shape index (κ1) is 21.8. The normalized spacial score (nSPS) is 11.1. The lowest BCUT2D eigenvalue weighted by Gasteiger charge is -2.17. The van der Waals surface area contributed by atoms with Gasteiger partial charge in [-0.15, -0.1) is 0 Å². The van der Waals surface area contributed by atoms with Gasteiger partial charge in [0.15, 0.2) is 5.65 Å². The van der Waals surface area contributed by atoms with Crippen molar-refractivity contribution in [3.05, 3.63) is 113 Å². The standard InChI is InChI=1S/C28H19ClN6O/c29-21-11-8-18(9-12-21)22-2-1-3-24(35-27-23(15-34-35)28(36)33-16-32-27)26(22)19-6-4-17(5-7-19)20-10-13-25(30)31-14-20/h1-16H,(H2,30,31)(H,32,33,36). The van der Waals surface area contributed by atoms with Crippen LogP contribution < -0.4 is 11.3 Å². The highest BCUT2D eigenvalue weighted by Gasteiger charge is 2.18. The maximum atomic E-state index is 12.3. The fourth-order valence-corrected chi connectivity index (χ4v) is 4.45. The van der Waals surface area contributed by atoms with Gasteiger partial charge in [-0.3, -0.25) is 4.79 Å². The minimum atomic E-state index is -0.233. The van der Waals surface area contributed by atoms with E-state index >= 15 is 0 Å². The second-order valence-electron chi connectivity index (χ2n) is 8.28. The van der Waals surface area contributed by atoms with Crippen molar-refractivity contribution in [3.8, 4) is 39.1 Å². The Balaban J connectivity index is 1.57. The third-order valence-corrected chi connectivity index (χ3v) is 6.34. The van der Waals surface area contributed by atoms with E-state index in [0.717, 1.165) is 39.1 Å². The molecule has 0 bridgehead atoms. The van der Waals surface area contributed by atoms with Crippen molar-refractivity contribution < 1.29 is 0 Å². The molecule has 0 radical (unpaired) electrons. The fourth-order valence-electron chi connectivity index (χ4n) is 4.33. The highest BCUT2D eigenvalue weighted by molar-refractivity contribution is 6.30. The minimum absolute atomic E-state index is 0.233. The molecular formula is C28H19ClN6O. The molecule has 0 aliphatic carbocycles. The van der Waals surface area contributed by atoms with Gasteiger partial charge in [0.05, 0.1) is 18.2 Å². The highest BCUT2D eigenvalue weighted by atomic mass is 35.5. The Morgan fingerprint density at radius 3 is 2.25 bits per heavy atom. The van der Waals surface area contributed by atoms with E-state index in [2.05, 4.69) is 50.4 Å². The number of nitrogen functional groups attached to an aromatic ring is 1. The minimum Gasteiger partial charge on any atom is -0.384 e. The number of aromatic amines is 1. The average Bonchev–Trinajstić information content (AvgIpc) is 3.35. The molecule has 0 unspecified atom stereocenters. The number of nitrogens with zero attached hydrogens (tertiary/aromatic N) is 4. The molecule has 3 heterocycles. The SMILES string of the molecule is Nc1ccc(-c2ccc(-c3c(-c4ccc(Cl)cc4)cccc3-n3ncc4c(=O)[nH]cnc43)cc2)cn1. The van der Waals surface area contributed by atoms with E-state index in [1.165, 1.54) is 12.5 Å². The van der Waals surface area contributed by atoms with Crippen molar-refractivity contribution in [1.29, 1.82) is 0 Å². The van der Waals surface area contributed by atoms with Crippen LogP contribution in [0, 0.1) is 0 Å². The van der Waals surface area contributed by atoms with Gasteiger partial charge in [0.1, 0.15) is 11.2 Å². The van der Waals surface area contributed by atoms with E-state index in [-0.39, 0.29) is 5.56 Å². The van der Waals surface area contributed by atoms with Gasteiger partial charge in [-0.2, -0.15) is 5.10 Å². The summed E-state index contributed by atoms with van der Waals surface area (Å²) in [4.78, 5) is 23.5. The zero-order chi connectivity index (χ0) is 24.6. The summed E-state index contributed by atoms with van der Waals surface area (Å²) >= 11 is 6.17. The Hall–Kier alpha value is -4.75. The van der Waals surface area contributed by atoms with Gasteiger partial charge >= 0.3 is 0 Å². The number of nitrogens with two attached hydrogens (primary N) is 1. The summed E-state index contributed by atoms with van der Waals surface area (Å²) in [6, 6.07) is 25.7. The monoisotopic (exact) mass is 490 g/mol. The maximum absolute atomic E-state index is 12.3. The molecule has 36 heavy (non-hydrogen) atoms. The van der Waals surface area contributed by atoms with Crippen molar-refractivity contribution in [2.75, 3.05) is 5.73 Å². The highest BCUT2D eigenvalue weighted by Crippen LogP contribution is 2.38. The van der Waals surface area contributed by atoms with Gasteiger partial charge in [-0.25, -0.2) is 14.6 Å². The summed E-state index contributed by atoms with van der Waals surface area (Å²) in [5, 5.41) is 5.62. The van der Waals surface area contributed by atoms with E-state index in [4.69, 9.17) is 17.3 Å². The van der Waals surface area contributed by atoms with Crippen molar-refractivity contribution in [3.63, 3.8) is 0 Å². The Morgan fingerprint density at radius 2 is 1.50 bits per heavy atom. The molecule has 6 aromatic rings. The van der Waals surface area contributed by atoms with Crippen molar-refractivity contribution in [2.45, 2.75) is 0 Å². The fraction of sp³-hybridized carbons (Fsp3) is 0. The summed E-state index contributed by atoms with van der Waals surface area (Å²) in [5.74, 6) is 0.482. The molecule has 0 saturated heterocycles. The second kappa shape index (κ2) is 8.79. The lowest BCUT2D eigenvalue weighted by Crippen LogP contribution is -2.07. The van der Waals surface area contributed by atoms with Crippen LogP contribution in [0.4, 0.5) is 5.82 Å². The van der Waals surface area contributed by atoms with Gasteiger partial charge in [-0.05, 0) is 52.6 Å². The Morgan fingerprint density at radius 1 is 0.778 bits per heavy atom. The lowest BCUT2D eigenvalue weighted by molar-refractivity contribution is 0.896. The summed E-state index contributed by atoms with van der Waals surface area (Å²) in [6.07, 6.45) is 4.69. The lowest BCUT2D eigenvalue weighted by atomic mass is 9.92. The zero-order valence-corrected chi connectivity index (χ0v) is 19.6. The number of hydrogen-bond acceptors (Lipinski definition) is 5. The van der Waals surface area contributed by atoms with Gasteiger partial charge in [0.2, 0.25) is 0 Å². The first-order chi connectivity index (χ1) is 17.6. The third kappa shape index (κ3) is 3.81. The number of fused-ring (bicyclic) bond motifs is 1. The van der Waals surface area contributed by atoms with Gasteiger partial charge in [0, 0.05) is 22.3 Å². The van der Waals surface area contributed by atoms with Crippen molar-refractivity contribution >= 4 is 28.5 Å². The molecule has 0 saturated carbocycles. The van der Waals surface area contributed by atoms with E-state index < -0.39 is 0 Å². The van der Waals surface area contributed by atoms with Crippen LogP contribution >= 0.6 is 11.6 Å². The molecule has 0 aliphatic rings. The predicted octanol–water partition coefficient (Wildman–Crippen LogP) is 5.74. The molecule has 0 spiro atoms. The van der Waals surface area contributed by atoms with E-state index in [9.17, 15) is 4.79 Å². The molecule has 3 N–H and O–H groups in total. The topological polar surface area (TPSA) is 102 Å². The van der Waals surface area contributed by atoms with Crippen LogP contribution in [0.3, 0.4) is 0 Å². The van der Waals surface area contributed by atoms with Crippen LogP contribution in [0.15, 0.2) is 102 Å². The van der Waals surface area contributed by atoms with E-state index in [0.29, 0.717) is 21.9 Å². The summed E-state index contributed by atoms with van der Waals surface area (Å²) in [6.45, 7) is 0. The first-order valence-electron chi connectivity index (χ1n) is 11.2. The number of aromatic nitrogens is 5. The average molecular weight is 491 g/mol. The number of benzene rings is 3. The van der Waals surface area contributed by atoms with Crippen LogP contribution in [0.1, 0.15) is 0 Å². The van der Waals surface area contributed by atoms with Crippen LogP contribution in [0.5, 0.6) is 0 Å². The molecule has 0 aliphatic heterocycles. The number of pyridine rings is 1. The van der Waals surface area contributed by atoms with E-state index in [1.54, 1.807) is 16.9 Å². The number of halogens is 1. The Kier molecular flexibility index (Phi) is 5.32. The van der Waals surface area contributed by atoms with Crippen LogP contribution in [0.25, 0.3) is 50.1 Å². The molecule has 0 atom stereocenters. The van der Waals surface area contributed by atoms with Gasteiger partial charge < -0.3 is 10.7 Å². The second-order valence-corrected chi connectivity index (χ2v) is 8.72. The smallest absolute Gasteiger partial charge is 0.261 e. The Bertz CT molecular complexity index is 1750. The van der Waals surface area contributed by atoms with Crippen LogP contribution in [-0.4, -0.2) is 24.7 Å². The van der Waals surface area contributed by atoms with Crippen LogP contribution in [0.2, 0.25) is 5.02 Å². The maximum Gasteiger partial charge on any atom is 0.261 e.